The van der Waals surface area contributed by atoms with Gasteiger partial charge in [-0.1, -0.05) is 12.1 Å². The van der Waals surface area contributed by atoms with Crippen molar-refractivity contribution in [1.82, 2.24) is 0 Å². The number of hydrogen-bond acceptors (Lipinski definition) is 2. The van der Waals surface area contributed by atoms with Gasteiger partial charge in [0.25, 0.3) is 0 Å². The molecule has 2 aromatic rings. The summed E-state index contributed by atoms with van der Waals surface area (Å²) in [6.07, 6.45) is 0. The second-order valence-corrected chi connectivity index (χ2v) is 4.53. The zero-order chi connectivity index (χ0) is 13.0. The van der Waals surface area contributed by atoms with Crippen molar-refractivity contribution in [2.45, 2.75) is 6.61 Å². The van der Waals surface area contributed by atoms with Crippen LogP contribution in [0.4, 0.5) is 4.39 Å². The summed E-state index contributed by atoms with van der Waals surface area (Å²) in [6.45, 7) is 0.254. The summed E-state index contributed by atoms with van der Waals surface area (Å²) in [4.78, 5) is 0. The van der Waals surface area contributed by atoms with E-state index in [9.17, 15) is 4.39 Å². The van der Waals surface area contributed by atoms with Gasteiger partial charge in [0.1, 0.15) is 23.9 Å². The van der Waals surface area contributed by atoms with Crippen LogP contribution in [0, 0.1) is 5.82 Å². The maximum absolute atomic E-state index is 13.2. The minimum absolute atomic E-state index is 0.254. The van der Waals surface area contributed by atoms with Crippen molar-refractivity contribution in [3.8, 4) is 11.5 Å². The minimum atomic E-state index is -0.304. The molecule has 0 N–H and O–H groups in total. The Morgan fingerprint density at radius 1 is 1.11 bits per heavy atom. The van der Waals surface area contributed by atoms with E-state index in [2.05, 4.69) is 15.9 Å². The zero-order valence-electron chi connectivity index (χ0n) is 9.82. The maximum atomic E-state index is 13.2. The summed E-state index contributed by atoms with van der Waals surface area (Å²) in [7, 11) is 1.55. The number of benzene rings is 2. The van der Waals surface area contributed by atoms with Gasteiger partial charge in [-0.25, -0.2) is 4.39 Å². The van der Waals surface area contributed by atoms with E-state index in [1.54, 1.807) is 13.2 Å². The molecule has 0 unspecified atom stereocenters. The highest BCUT2D eigenvalue weighted by Gasteiger charge is 2.06. The molecular formula is C14H12BrFO2. The molecule has 0 aliphatic rings. The van der Waals surface area contributed by atoms with Crippen molar-refractivity contribution in [2.24, 2.45) is 0 Å². The highest BCUT2D eigenvalue weighted by Crippen LogP contribution is 2.26. The molecule has 2 aromatic carbocycles. The van der Waals surface area contributed by atoms with Crippen LogP contribution in [0.3, 0.4) is 0 Å². The Kier molecular flexibility index (Phi) is 4.20. The minimum Gasteiger partial charge on any atom is -0.496 e. The third-order valence-corrected chi connectivity index (χ3v) is 3.12. The van der Waals surface area contributed by atoms with Gasteiger partial charge in [-0.15, -0.1) is 0 Å². The van der Waals surface area contributed by atoms with E-state index < -0.39 is 0 Å². The molecule has 0 aromatic heterocycles. The van der Waals surface area contributed by atoms with Crippen molar-refractivity contribution < 1.29 is 13.9 Å². The summed E-state index contributed by atoms with van der Waals surface area (Å²) in [6, 6.07) is 11.9. The molecule has 0 bridgehead atoms. The normalized spacial score (nSPS) is 10.2. The van der Waals surface area contributed by atoms with E-state index >= 15 is 0 Å². The lowest BCUT2D eigenvalue weighted by atomic mass is 10.2. The van der Waals surface area contributed by atoms with Crippen LogP contribution in [0.15, 0.2) is 46.9 Å². The molecule has 2 nitrogen and oxygen atoms in total. The van der Waals surface area contributed by atoms with Crippen LogP contribution in [0.5, 0.6) is 11.5 Å². The molecular weight excluding hydrogens is 299 g/mol. The quantitative estimate of drug-likeness (QED) is 0.843. The van der Waals surface area contributed by atoms with E-state index in [-0.39, 0.29) is 12.4 Å². The third-order valence-electron chi connectivity index (χ3n) is 2.46. The average Bonchev–Trinajstić information content (AvgIpc) is 2.38. The van der Waals surface area contributed by atoms with Gasteiger partial charge in [-0.2, -0.15) is 0 Å². The molecule has 0 heterocycles. The van der Waals surface area contributed by atoms with Crippen molar-refractivity contribution in [2.75, 3.05) is 7.11 Å². The van der Waals surface area contributed by atoms with E-state index in [0.717, 1.165) is 4.47 Å². The topological polar surface area (TPSA) is 18.5 Å². The average molecular weight is 311 g/mol. The zero-order valence-corrected chi connectivity index (χ0v) is 11.4. The van der Waals surface area contributed by atoms with E-state index in [4.69, 9.17) is 9.47 Å². The smallest absolute Gasteiger partial charge is 0.133 e. The Hall–Kier alpha value is -1.55. The molecule has 4 heteroatoms. The van der Waals surface area contributed by atoms with Crippen molar-refractivity contribution in [3.05, 3.63) is 58.3 Å². The van der Waals surface area contributed by atoms with Crippen molar-refractivity contribution >= 4 is 15.9 Å². The molecule has 18 heavy (non-hydrogen) atoms. The fraction of sp³-hybridized carbons (Fsp3) is 0.143. The van der Waals surface area contributed by atoms with Crippen LogP contribution >= 0.6 is 15.9 Å². The van der Waals surface area contributed by atoms with E-state index in [1.165, 1.54) is 12.1 Å². The van der Waals surface area contributed by atoms with E-state index in [0.29, 0.717) is 17.1 Å². The van der Waals surface area contributed by atoms with Gasteiger partial charge in [-0.05, 0) is 46.3 Å². The molecule has 0 amide bonds. The molecule has 0 radical (unpaired) electrons. The van der Waals surface area contributed by atoms with Gasteiger partial charge < -0.3 is 9.47 Å². The predicted octanol–water partition coefficient (Wildman–Crippen LogP) is 4.18. The number of rotatable bonds is 4. The number of hydrogen-bond donors (Lipinski definition) is 0. The monoisotopic (exact) mass is 310 g/mol. The van der Waals surface area contributed by atoms with Crippen molar-refractivity contribution in [1.29, 1.82) is 0 Å². The molecule has 0 aliphatic heterocycles. The number of para-hydroxylation sites is 1. The van der Waals surface area contributed by atoms with Crippen LogP contribution < -0.4 is 9.47 Å². The molecule has 2 rings (SSSR count). The number of ether oxygens (including phenoxy) is 2. The number of halogens is 2. The highest BCUT2D eigenvalue weighted by atomic mass is 79.9. The lowest BCUT2D eigenvalue weighted by Gasteiger charge is -2.11. The molecule has 0 fully saturated rings. The van der Waals surface area contributed by atoms with Crippen LogP contribution in [-0.2, 0) is 6.61 Å². The largest absolute Gasteiger partial charge is 0.496 e. The van der Waals surface area contributed by atoms with Gasteiger partial charge in [0.05, 0.1) is 11.6 Å². The second kappa shape index (κ2) is 5.87. The maximum Gasteiger partial charge on any atom is 0.133 e. The van der Waals surface area contributed by atoms with Gasteiger partial charge in [-0.3, -0.25) is 0 Å². The Balaban J connectivity index is 2.15. The Bertz CT molecular complexity index is 543. The Morgan fingerprint density at radius 2 is 1.89 bits per heavy atom. The van der Waals surface area contributed by atoms with Gasteiger partial charge in [0.15, 0.2) is 0 Å². The van der Waals surface area contributed by atoms with Crippen LogP contribution in [0.2, 0.25) is 0 Å². The summed E-state index contributed by atoms with van der Waals surface area (Å²) in [5, 5.41) is 0. The predicted molar refractivity (Wildman–Crippen MR) is 71.4 cm³/mol. The summed E-state index contributed by atoms with van der Waals surface area (Å²) >= 11 is 3.39. The first-order chi connectivity index (χ1) is 8.70. The summed E-state index contributed by atoms with van der Waals surface area (Å²) in [5.74, 6) is 1.02. The fourth-order valence-electron chi connectivity index (χ4n) is 1.58. The third kappa shape index (κ3) is 3.01. The number of methoxy groups -OCH3 is 1. The molecule has 94 valence electrons. The SMILES string of the molecule is COc1ccc(F)cc1COc1ccccc1Br. The Labute approximate surface area is 113 Å². The van der Waals surface area contributed by atoms with Gasteiger partial charge in [0.2, 0.25) is 0 Å². The van der Waals surface area contributed by atoms with Crippen LogP contribution in [-0.4, -0.2) is 7.11 Å². The lowest BCUT2D eigenvalue weighted by molar-refractivity contribution is 0.294. The first kappa shape index (κ1) is 12.9. The van der Waals surface area contributed by atoms with Crippen LogP contribution in [0.25, 0.3) is 0 Å². The molecule has 0 spiro atoms. The molecule has 0 saturated carbocycles. The van der Waals surface area contributed by atoms with Gasteiger partial charge in [0, 0.05) is 5.56 Å². The van der Waals surface area contributed by atoms with E-state index in [1.807, 2.05) is 24.3 Å². The fourth-order valence-corrected chi connectivity index (χ4v) is 1.98. The lowest BCUT2D eigenvalue weighted by Crippen LogP contribution is -1.99. The summed E-state index contributed by atoms with van der Waals surface area (Å²) < 4.78 is 24.8. The van der Waals surface area contributed by atoms with Crippen LogP contribution in [0.1, 0.15) is 5.56 Å². The first-order valence-electron chi connectivity index (χ1n) is 5.40. The first-order valence-corrected chi connectivity index (χ1v) is 6.20. The molecule has 0 saturated heterocycles. The summed E-state index contributed by atoms with van der Waals surface area (Å²) in [5.41, 5.74) is 0.674. The van der Waals surface area contributed by atoms with Gasteiger partial charge >= 0.3 is 0 Å². The standard InChI is InChI=1S/C14H12BrFO2/c1-17-13-7-6-11(16)8-10(13)9-18-14-5-3-2-4-12(14)15/h2-8H,9H2,1H3. The molecule has 0 aliphatic carbocycles. The molecule has 0 atom stereocenters. The Morgan fingerprint density at radius 3 is 2.61 bits per heavy atom. The highest BCUT2D eigenvalue weighted by molar-refractivity contribution is 9.10. The second-order valence-electron chi connectivity index (χ2n) is 3.68. The van der Waals surface area contributed by atoms with Crippen molar-refractivity contribution in [3.63, 3.8) is 0 Å².